The molecule has 0 aliphatic heterocycles. The molecular weight excluding hydrogens is 725 g/mol. The van der Waals surface area contributed by atoms with Gasteiger partial charge in [0.1, 0.15) is 0 Å². The minimum Gasteiger partial charge on any atom is -0.355 e. The molecule has 1 heterocycles. The SMILES string of the molecule is Cc1ccc2[nH]c3ccc(C(c4ccccc4)(c4ccccc4)c4ccc(N(c5ccccc5)c5ccc(C(C)(c6ccccc6)c6ccccc6)cc5)cc4)cc3c2c1. The van der Waals surface area contributed by atoms with Crippen molar-refractivity contribution in [1.82, 2.24) is 4.98 Å². The van der Waals surface area contributed by atoms with Crippen molar-refractivity contribution in [2.75, 3.05) is 4.90 Å². The number of aryl methyl sites for hydroxylation is 1. The topological polar surface area (TPSA) is 19.0 Å². The minimum atomic E-state index is -0.596. The van der Waals surface area contributed by atoms with Crippen LogP contribution in [0.1, 0.15) is 51.4 Å². The molecule has 10 aromatic rings. The molecule has 2 nitrogen and oxygen atoms in total. The van der Waals surface area contributed by atoms with Crippen LogP contribution in [0.25, 0.3) is 21.8 Å². The zero-order valence-corrected chi connectivity index (χ0v) is 34.0. The van der Waals surface area contributed by atoms with Crippen molar-refractivity contribution in [1.29, 1.82) is 0 Å². The Morgan fingerprint density at radius 2 is 0.683 bits per heavy atom. The summed E-state index contributed by atoms with van der Waals surface area (Å²) in [6.45, 7) is 4.50. The average Bonchev–Trinajstić information content (AvgIpc) is 3.68. The largest absolute Gasteiger partial charge is 0.355 e. The van der Waals surface area contributed by atoms with Gasteiger partial charge in [-0.2, -0.15) is 0 Å². The van der Waals surface area contributed by atoms with Crippen molar-refractivity contribution in [2.45, 2.75) is 24.7 Å². The maximum Gasteiger partial charge on any atom is 0.0701 e. The van der Waals surface area contributed by atoms with Crippen LogP contribution in [0.3, 0.4) is 0 Å². The zero-order valence-electron chi connectivity index (χ0n) is 34.0. The van der Waals surface area contributed by atoms with Gasteiger partial charge in [0.15, 0.2) is 0 Å². The molecule has 0 amide bonds. The van der Waals surface area contributed by atoms with Crippen LogP contribution in [0.5, 0.6) is 0 Å². The van der Waals surface area contributed by atoms with Gasteiger partial charge in [0.05, 0.1) is 5.41 Å². The fourth-order valence-electron chi connectivity index (χ4n) is 9.49. The van der Waals surface area contributed by atoms with Crippen LogP contribution in [0.15, 0.2) is 237 Å². The molecule has 0 bridgehead atoms. The first kappa shape index (κ1) is 36.9. The molecule has 1 aromatic heterocycles. The summed E-state index contributed by atoms with van der Waals surface area (Å²) in [6.07, 6.45) is 0. The van der Waals surface area contributed by atoms with E-state index in [1.165, 1.54) is 55.3 Å². The van der Waals surface area contributed by atoms with Crippen LogP contribution < -0.4 is 4.90 Å². The zero-order chi connectivity index (χ0) is 40.5. The third kappa shape index (κ3) is 6.29. The molecule has 9 aromatic carbocycles. The van der Waals surface area contributed by atoms with Gasteiger partial charge in [-0.3, -0.25) is 0 Å². The highest BCUT2D eigenvalue weighted by Crippen LogP contribution is 2.48. The number of hydrogen-bond acceptors (Lipinski definition) is 1. The molecule has 0 saturated carbocycles. The molecule has 1 N–H and O–H groups in total. The number of anilines is 3. The first-order valence-electron chi connectivity index (χ1n) is 20.8. The number of benzene rings is 9. The molecule has 0 saturated heterocycles. The van der Waals surface area contributed by atoms with Crippen molar-refractivity contribution >= 4 is 38.9 Å². The first-order chi connectivity index (χ1) is 29.5. The summed E-state index contributed by atoms with van der Waals surface area (Å²) in [5.41, 5.74) is 14.5. The van der Waals surface area contributed by atoms with Crippen LogP contribution in [0.4, 0.5) is 17.1 Å². The number of H-pyrrole nitrogens is 1. The van der Waals surface area contributed by atoms with Crippen LogP contribution in [-0.2, 0) is 10.8 Å². The van der Waals surface area contributed by atoms with E-state index in [0.717, 1.165) is 28.1 Å². The second-order valence-electron chi connectivity index (χ2n) is 16.0. The molecule has 0 aliphatic carbocycles. The molecule has 0 aliphatic rings. The van der Waals surface area contributed by atoms with Crippen LogP contribution >= 0.6 is 0 Å². The maximum atomic E-state index is 3.68. The van der Waals surface area contributed by atoms with Crippen molar-refractivity contribution in [3.8, 4) is 0 Å². The average molecular weight is 771 g/mol. The van der Waals surface area contributed by atoms with E-state index in [9.17, 15) is 0 Å². The summed E-state index contributed by atoms with van der Waals surface area (Å²) in [6, 6.07) is 86.5. The lowest BCUT2D eigenvalue weighted by molar-refractivity contribution is 0.692. The highest BCUT2D eigenvalue weighted by atomic mass is 15.1. The van der Waals surface area contributed by atoms with Crippen molar-refractivity contribution < 1.29 is 0 Å². The van der Waals surface area contributed by atoms with E-state index in [2.05, 4.69) is 260 Å². The molecule has 0 fully saturated rings. The summed E-state index contributed by atoms with van der Waals surface area (Å²) in [7, 11) is 0. The number of para-hydroxylation sites is 1. The second kappa shape index (κ2) is 15.4. The number of fused-ring (bicyclic) bond motifs is 3. The number of aromatic amines is 1. The molecule has 10 rings (SSSR count). The standard InChI is InChI=1S/C58H46N2/c1-42-28-38-55-53(40-42)54-41-49(33-39-56(54)59-55)58(46-22-12-5-13-23-46,47-24-14-6-15-25-47)48-31-36-52(37-32-48)60(50-26-16-7-17-27-50)51-34-29-45(30-35-51)57(2,43-18-8-3-9-19-43)44-20-10-4-11-21-44/h3-41,59H,1-2H3. The predicted octanol–water partition coefficient (Wildman–Crippen LogP) is 14.8. The lowest BCUT2D eigenvalue weighted by Gasteiger charge is -2.37. The van der Waals surface area contributed by atoms with E-state index in [-0.39, 0.29) is 5.41 Å². The first-order valence-corrected chi connectivity index (χ1v) is 20.8. The number of rotatable bonds is 10. The summed E-state index contributed by atoms with van der Waals surface area (Å²) in [4.78, 5) is 6.04. The summed E-state index contributed by atoms with van der Waals surface area (Å²) in [5, 5.41) is 2.47. The number of hydrogen-bond donors (Lipinski definition) is 1. The summed E-state index contributed by atoms with van der Waals surface area (Å²) < 4.78 is 0. The molecule has 0 atom stereocenters. The van der Waals surface area contributed by atoms with Gasteiger partial charge in [0.2, 0.25) is 0 Å². The fraction of sp³-hybridized carbons (Fsp3) is 0.0690. The van der Waals surface area contributed by atoms with E-state index < -0.39 is 5.41 Å². The Hall–Kier alpha value is -7.42. The predicted molar refractivity (Wildman–Crippen MR) is 252 cm³/mol. The van der Waals surface area contributed by atoms with Gasteiger partial charge in [0.25, 0.3) is 0 Å². The third-order valence-corrected chi connectivity index (χ3v) is 12.6. The Balaban J connectivity index is 1.13. The monoisotopic (exact) mass is 770 g/mol. The Morgan fingerprint density at radius 1 is 0.333 bits per heavy atom. The van der Waals surface area contributed by atoms with Crippen molar-refractivity contribution in [3.05, 3.63) is 281 Å². The fourth-order valence-corrected chi connectivity index (χ4v) is 9.49. The molecule has 60 heavy (non-hydrogen) atoms. The minimum absolute atomic E-state index is 0.326. The molecule has 0 unspecified atom stereocenters. The lowest BCUT2D eigenvalue weighted by atomic mass is 9.65. The van der Waals surface area contributed by atoms with Gasteiger partial charge in [-0.05, 0) is 113 Å². The van der Waals surface area contributed by atoms with Crippen molar-refractivity contribution in [3.63, 3.8) is 0 Å². The maximum absolute atomic E-state index is 3.68. The Bertz CT molecular complexity index is 2930. The molecule has 0 spiro atoms. The number of nitrogens with one attached hydrogen (secondary N) is 1. The van der Waals surface area contributed by atoms with Gasteiger partial charge in [-0.15, -0.1) is 0 Å². The number of aromatic nitrogens is 1. The van der Waals surface area contributed by atoms with Crippen LogP contribution in [-0.4, -0.2) is 4.98 Å². The van der Waals surface area contributed by atoms with Gasteiger partial charge in [-0.1, -0.05) is 181 Å². The Labute approximate surface area is 353 Å². The van der Waals surface area contributed by atoms with Gasteiger partial charge >= 0.3 is 0 Å². The normalized spacial score (nSPS) is 11.8. The van der Waals surface area contributed by atoms with E-state index in [0.29, 0.717) is 0 Å². The van der Waals surface area contributed by atoms with Crippen molar-refractivity contribution in [2.24, 2.45) is 0 Å². The van der Waals surface area contributed by atoms with Gasteiger partial charge in [-0.25, -0.2) is 0 Å². The van der Waals surface area contributed by atoms with E-state index >= 15 is 0 Å². The molecule has 2 heteroatoms. The highest BCUT2D eigenvalue weighted by molar-refractivity contribution is 6.08. The molecule has 288 valence electrons. The van der Waals surface area contributed by atoms with Gasteiger partial charge in [0, 0.05) is 44.3 Å². The second-order valence-corrected chi connectivity index (χ2v) is 16.0. The summed E-state index contributed by atoms with van der Waals surface area (Å²) >= 11 is 0. The quantitative estimate of drug-likeness (QED) is 0.137. The number of nitrogens with zero attached hydrogens (tertiary/aromatic N) is 1. The smallest absolute Gasteiger partial charge is 0.0701 e. The molecular formula is C58H46N2. The van der Waals surface area contributed by atoms with E-state index in [4.69, 9.17) is 0 Å². The van der Waals surface area contributed by atoms with Gasteiger partial charge < -0.3 is 9.88 Å². The highest BCUT2D eigenvalue weighted by Gasteiger charge is 2.39. The Morgan fingerprint density at radius 3 is 1.18 bits per heavy atom. The van der Waals surface area contributed by atoms with Crippen LogP contribution in [0.2, 0.25) is 0 Å². The summed E-state index contributed by atoms with van der Waals surface area (Å²) in [5.74, 6) is 0. The third-order valence-electron chi connectivity index (χ3n) is 12.6. The van der Waals surface area contributed by atoms with E-state index in [1.54, 1.807) is 0 Å². The lowest BCUT2D eigenvalue weighted by Crippen LogP contribution is -2.31. The molecule has 0 radical (unpaired) electrons. The van der Waals surface area contributed by atoms with E-state index in [1.807, 2.05) is 0 Å². The van der Waals surface area contributed by atoms with Crippen LogP contribution in [0, 0.1) is 6.92 Å². The Kier molecular flexibility index (Phi) is 9.47.